The summed E-state index contributed by atoms with van der Waals surface area (Å²) in [5.41, 5.74) is -2.39. The van der Waals surface area contributed by atoms with Crippen molar-refractivity contribution < 1.29 is 29.3 Å². The standard InChI is InChI=1S/C18H23ClO6/c1-4-15(20)24-12-5-14-17(22,8-19)7-13-11(9(2)16(21)25-13)6-18(14,23)10(12)3/h11-14,22-23H,2-8H2,1H3/t11-,12+,13+,14+,17+,18+/m1/s1. The number of rotatable bonds is 3. The molecule has 0 aromatic carbocycles. The highest BCUT2D eigenvalue weighted by Crippen LogP contribution is 2.56. The van der Waals surface area contributed by atoms with E-state index in [1.165, 1.54) is 0 Å². The quantitative estimate of drug-likeness (QED) is 0.338. The second-order valence-corrected chi connectivity index (χ2v) is 7.56. The van der Waals surface area contributed by atoms with E-state index in [9.17, 15) is 19.8 Å². The number of alkyl halides is 1. The monoisotopic (exact) mass is 370 g/mol. The molecule has 138 valence electrons. The minimum absolute atomic E-state index is 0.0978. The van der Waals surface area contributed by atoms with Crippen molar-refractivity contribution >= 4 is 23.5 Å². The summed E-state index contributed by atoms with van der Waals surface area (Å²) in [6.45, 7) is 9.39. The van der Waals surface area contributed by atoms with Crippen molar-refractivity contribution in [1.82, 2.24) is 0 Å². The summed E-state index contributed by atoms with van der Waals surface area (Å²) in [6.07, 6.45) is -0.616. The van der Waals surface area contributed by atoms with Gasteiger partial charge in [0.25, 0.3) is 0 Å². The maximum absolute atomic E-state index is 11.9. The van der Waals surface area contributed by atoms with Crippen molar-refractivity contribution in [2.75, 3.05) is 5.88 Å². The topological polar surface area (TPSA) is 93.1 Å². The second-order valence-electron chi connectivity index (χ2n) is 7.29. The van der Waals surface area contributed by atoms with Crippen LogP contribution in [0.3, 0.4) is 0 Å². The van der Waals surface area contributed by atoms with Crippen molar-refractivity contribution in [3.63, 3.8) is 0 Å². The number of esters is 2. The van der Waals surface area contributed by atoms with Crippen LogP contribution in [0.4, 0.5) is 0 Å². The van der Waals surface area contributed by atoms with Gasteiger partial charge in [0.2, 0.25) is 0 Å². The first kappa shape index (κ1) is 18.4. The number of carbonyl (C=O) groups excluding carboxylic acids is 2. The van der Waals surface area contributed by atoms with Gasteiger partial charge in [0.1, 0.15) is 12.2 Å². The Morgan fingerprint density at radius 3 is 2.68 bits per heavy atom. The number of halogens is 1. The van der Waals surface area contributed by atoms with E-state index in [1.54, 1.807) is 6.92 Å². The van der Waals surface area contributed by atoms with E-state index in [4.69, 9.17) is 21.1 Å². The highest BCUT2D eigenvalue weighted by Gasteiger charge is 2.64. The van der Waals surface area contributed by atoms with Crippen LogP contribution in [-0.4, -0.2) is 51.4 Å². The fourth-order valence-corrected chi connectivity index (χ4v) is 4.73. The Kier molecular flexibility index (Phi) is 4.50. The smallest absolute Gasteiger partial charge is 0.334 e. The zero-order valence-electron chi connectivity index (χ0n) is 14.2. The Hall–Kier alpha value is -1.37. The van der Waals surface area contributed by atoms with Gasteiger partial charge in [0.05, 0.1) is 17.1 Å². The molecule has 2 aliphatic carbocycles. The number of hydrogen-bond acceptors (Lipinski definition) is 6. The average Bonchev–Trinajstić information content (AvgIpc) is 2.93. The highest BCUT2D eigenvalue weighted by molar-refractivity contribution is 6.18. The maximum Gasteiger partial charge on any atom is 0.334 e. The van der Waals surface area contributed by atoms with Crippen molar-refractivity contribution in [3.8, 4) is 0 Å². The van der Waals surface area contributed by atoms with E-state index in [0.717, 1.165) is 0 Å². The molecular weight excluding hydrogens is 348 g/mol. The molecule has 25 heavy (non-hydrogen) atoms. The van der Waals surface area contributed by atoms with E-state index in [1.807, 2.05) is 0 Å². The molecule has 6 nitrogen and oxygen atoms in total. The molecule has 0 amide bonds. The van der Waals surface area contributed by atoms with Crippen LogP contribution in [0.15, 0.2) is 24.3 Å². The number of ether oxygens (including phenoxy) is 2. The molecule has 7 heteroatoms. The number of hydrogen-bond donors (Lipinski definition) is 2. The van der Waals surface area contributed by atoms with E-state index >= 15 is 0 Å². The van der Waals surface area contributed by atoms with Crippen LogP contribution in [0.25, 0.3) is 0 Å². The normalized spacial score (nSPS) is 43.3. The van der Waals surface area contributed by atoms with E-state index in [0.29, 0.717) is 5.57 Å². The van der Waals surface area contributed by atoms with Gasteiger partial charge < -0.3 is 19.7 Å². The van der Waals surface area contributed by atoms with Crippen molar-refractivity contribution in [1.29, 1.82) is 0 Å². The Morgan fingerprint density at radius 1 is 1.40 bits per heavy atom. The molecule has 0 radical (unpaired) electrons. The molecule has 2 N–H and O–H groups in total. The van der Waals surface area contributed by atoms with Crippen LogP contribution < -0.4 is 0 Å². The van der Waals surface area contributed by atoms with Crippen LogP contribution in [0.1, 0.15) is 32.6 Å². The molecule has 3 aliphatic rings. The second kappa shape index (κ2) is 6.11. The Bertz CT molecular complexity index is 645. The molecule has 0 bridgehead atoms. The van der Waals surface area contributed by atoms with Gasteiger partial charge in [-0.05, 0) is 18.4 Å². The summed E-state index contributed by atoms with van der Waals surface area (Å²) in [7, 11) is 0. The zero-order chi connectivity index (χ0) is 18.6. The summed E-state index contributed by atoms with van der Waals surface area (Å²) in [6, 6.07) is 0. The minimum Gasteiger partial charge on any atom is -0.458 e. The van der Waals surface area contributed by atoms with Crippen LogP contribution in [-0.2, 0) is 19.1 Å². The summed E-state index contributed by atoms with van der Waals surface area (Å²) >= 11 is 6.05. The van der Waals surface area contributed by atoms with Gasteiger partial charge in [-0.15, -0.1) is 11.6 Å². The molecule has 1 aliphatic heterocycles. The first-order chi connectivity index (χ1) is 11.7. The van der Waals surface area contributed by atoms with Gasteiger partial charge in [-0.25, -0.2) is 4.79 Å². The summed E-state index contributed by atoms with van der Waals surface area (Å²) in [5.74, 6) is -2.17. The fourth-order valence-electron chi connectivity index (χ4n) is 4.44. The predicted octanol–water partition coefficient (Wildman–Crippen LogP) is 1.48. The average molecular weight is 371 g/mol. The van der Waals surface area contributed by atoms with Crippen LogP contribution in [0.5, 0.6) is 0 Å². The van der Waals surface area contributed by atoms with Crippen molar-refractivity contribution in [2.24, 2.45) is 11.8 Å². The van der Waals surface area contributed by atoms with E-state index in [2.05, 4.69) is 13.2 Å². The molecule has 1 saturated heterocycles. The van der Waals surface area contributed by atoms with E-state index < -0.39 is 47.2 Å². The fraction of sp³-hybridized carbons (Fsp3) is 0.667. The van der Waals surface area contributed by atoms with Gasteiger partial charge in [0.15, 0.2) is 0 Å². The first-order valence-electron chi connectivity index (χ1n) is 8.45. The SMILES string of the molecule is C=C1C(=O)O[C@H]2C[C@](O)(CCl)[C@@H]3C[C@H](OC(=O)CC)C(=C)[C@@]3(O)C[C@H]12. The summed E-state index contributed by atoms with van der Waals surface area (Å²) in [5, 5.41) is 22.6. The molecule has 0 unspecified atom stereocenters. The van der Waals surface area contributed by atoms with Gasteiger partial charge in [-0.2, -0.15) is 0 Å². The highest BCUT2D eigenvalue weighted by atomic mass is 35.5. The molecule has 6 atom stereocenters. The van der Waals surface area contributed by atoms with Gasteiger partial charge in [-0.1, -0.05) is 20.1 Å². The molecule has 1 heterocycles. The number of aliphatic hydroxyl groups is 2. The molecule has 0 aromatic heterocycles. The third-order valence-electron chi connectivity index (χ3n) is 5.92. The minimum atomic E-state index is -1.52. The third-order valence-corrected chi connectivity index (χ3v) is 6.38. The molecule has 3 rings (SSSR count). The number of carbonyl (C=O) groups is 2. The molecule has 2 saturated carbocycles. The lowest BCUT2D eigenvalue weighted by Gasteiger charge is -2.39. The number of fused-ring (bicyclic) bond motifs is 2. The lowest BCUT2D eigenvalue weighted by atomic mass is 9.75. The Morgan fingerprint density at radius 2 is 2.08 bits per heavy atom. The van der Waals surface area contributed by atoms with Gasteiger partial charge >= 0.3 is 11.9 Å². The Labute approximate surface area is 151 Å². The molecular formula is C18H23ClO6. The first-order valence-corrected chi connectivity index (χ1v) is 8.99. The molecule has 0 aromatic rings. The lowest BCUT2D eigenvalue weighted by Crippen LogP contribution is -2.50. The van der Waals surface area contributed by atoms with Crippen molar-refractivity contribution in [2.45, 2.75) is 56.0 Å². The van der Waals surface area contributed by atoms with Gasteiger partial charge in [0, 0.05) is 30.3 Å². The predicted molar refractivity (Wildman–Crippen MR) is 89.8 cm³/mol. The Balaban J connectivity index is 1.99. The van der Waals surface area contributed by atoms with Crippen molar-refractivity contribution in [3.05, 3.63) is 24.3 Å². The maximum atomic E-state index is 11.9. The van der Waals surface area contributed by atoms with Crippen LogP contribution >= 0.6 is 11.6 Å². The molecule has 3 fully saturated rings. The van der Waals surface area contributed by atoms with E-state index in [-0.39, 0.29) is 37.1 Å². The summed E-state index contributed by atoms with van der Waals surface area (Å²) < 4.78 is 10.7. The van der Waals surface area contributed by atoms with Gasteiger partial charge in [-0.3, -0.25) is 4.79 Å². The summed E-state index contributed by atoms with van der Waals surface area (Å²) in [4.78, 5) is 23.6. The zero-order valence-corrected chi connectivity index (χ0v) is 14.9. The van der Waals surface area contributed by atoms with Crippen LogP contribution in [0, 0.1) is 11.8 Å². The largest absolute Gasteiger partial charge is 0.458 e. The molecule has 0 spiro atoms. The van der Waals surface area contributed by atoms with Crippen LogP contribution in [0.2, 0.25) is 0 Å². The lowest BCUT2D eigenvalue weighted by molar-refractivity contribution is -0.148. The third kappa shape index (κ3) is 2.71.